The third-order valence-electron chi connectivity index (χ3n) is 3.39. The minimum atomic E-state index is -4.76. The van der Waals surface area contributed by atoms with Gasteiger partial charge in [0.15, 0.2) is 0 Å². The molecule has 0 saturated heterocycles. The van der Waals surface area contributed by atoms with E-state index in [1.165, 1.54) is 43.3 Å². The average Bonchev–Trinajstić information content (AvgIpc) is 2.59. The van der Waals surface area contributed by atoms with Crippen molar-refractivity contribution in [1.82, 2.24) is 5.32 Å². The molecule has 0 radical (unpaired) electrons. The first-order valence-electron chi connectivity index (χ1n) is 7.81. The number of rotatable bonds is 7. The highest BCUT2D eigenvalue weighted by Crippen LogP contribution is 2.22. The van der Waals surface area contributed by atoms with Gasteiger partial charge in [-0.05, 0) is 42.8 Å². The number of ether oxygens (including phenoxy) is 1. The van der Waals surface area contributed by atoms with E-state index < -0.39 is 22.3 Å². The quantitative estimate of drug-likeness (QED) is 0.745. The summed E-state index contributed by atoms with van der Waals surface area (Å²) in [7, 11) is -3.46. The van der Waals surface area contributed by atoms with Crippen LogP contribution >= 0.6 is 0 Å². The summed E-state index contributed by atoms with van der Waals surface area (Å²) in [5.74, 6) is -0.908. The van der Waals surface area contributed by atoms with E-state index in [0.717, 1.165) is 12.1 Å². The van der Waals surface area contributed by atoms with Gasteiger partial charge in [0, 0.05) is 17.8 Å². The molecule has 6 nitrogen and oxygen atoms in total. The molecule has 0 heterocycles. The van der Waals surface area contributed by atoms with E-state index in [2.05, 4.69) is 14.8 Å². The summed E-state index contributed by atoms with van der Waals surface area (Å²) in [5.41, 5.74) is 1.07. The molecule has 0 fully saturated rings. The van der Waals surface area contributed by atoms with Crippen LogP contribution in [0.5, 0.6) is 5.75 Å². The number of nitrogens with one attached hydrogen (secondary N) is 2. The molecule has 27 heavy (non-hydrogen) atoms. The highest BCUT2D eigenvalue weighted by molar-refractivity contribution is 7.92. The predicted molar refractivity (Wildman–Crippen MR) is 93.8 cm³/mol. The average molecular weight is 402 g/mol. The zero-order valence-corrected chi connectivity index (χ0v) is 15.0. The van der Waals surface area contributed by atoms with Crippen molar-refractivity contribution >= 4 is 21.6 Å². The van der Waals surface area contributed by atoms with Crippen LogP contribution in [0.4, 0.5) is 18.9 Å². The second-order valence-electron chi connectivity index (χ2n) is 5.46. The molecule has 2 rings (SSSR count). The lowest BCUT2D eigenvalue weighted by Crippen LogP contribution is -2.23. The predicted octanol–water partition coefficient (Wildman–Crippen LogP) is 3.28. The standard InChI is InChI=1S/C17H17F3N2O4S/c1-2-27(24,25)22-14-5-3-4-13(10-14)16(23)21-11-12-6-8-15(9-7-12)26-17(18,19)20/h3-10,22H,2,11H2,1H3,(H,21,23). The fourth-order valence-corrected chi connectivity index (χ4v) is 2.70. The third-order valence-corrected chi connectivity index (χ3v) is 4.69. The molecule has 0 unspecified atom stereocenters. The molecule has 0 aliphatic carbocycles. The molecule has 146 valence electrons. The van der Waals surface area contributed by atoms with Crippen LogP contribution in [0.1, 0.15) is 22.8 Å². The van der Waals surface area contributed by atoms with Crippen molar-refractivity contribution in [2.45, 2.75) is 19.8 Å². The van der Waals surface area contributed by atoms with E-state index in [9.17, 15) is 26.4 Å². The molecule has 10 heteroatoms. The van der Waals surface area contributed by atoms with Gasteiger partial charge in [-0.25, -0.2) is 8.42 Å². The summed E-state index contributed by atoms with van der Waals surface area (Å²) in [6.45, 7) is 1.57. The van der Waals surface area contributed by atoms with Gasteiger partial charge < -0.3 is 10.1 Å². The van der Waals surface area contributed by atoms with E-state index >= 15 is 0 Å². The Morgan fingerprint density at radius 2 is 1.78 bits per heavy atom. The van der Waals surface area contributed by atoms with Gasteiger partial charge in [-0.15, -0.1) is 13.2 Å². The Kier molecular flexibility index (Phi) is 6.32. The summed E-state index contributed by atoms with van der Waals surface area (Å²) in [5, 5.41) is 2.61. The molecule has 0 aromatic heterocycles. The van der Waals surface area contributed by atoms with Gasteiger partial charge >= 0.3 is 6.36 Å². The number of hydrogen-bond acceptors (Lipinski definition) is 4. The van der Waals surface area contributed by atoms with Crippen molar-refractivity contribution in [1.29, 1.82) is 0 Å². The Bertz CT molecular complexity index is 897. The number of alkyl halides is 3. The highest BCUT2D eigenvalue weighted by atomic mass is 32.2. The molecule has 0 spiro atoms. The van der Waals surface area contributed by atoms with Crippen LogP contribution in [0.15, 0.2) is 48.5 Å². The Hall–Kier alpha value is -2.75. The van der Waals surface area contributed by atoms with Crippen LogP contribution in [0.3, 0.4) is 0 Å². The van der Waals surface area contributed by atoms with Crippen molar-refractivity contribution in [3.05, 3.63) is 59.7 Å². The minimum Gasteiger partial charge on any atom is -0.406 e. The van der Waals surface area contributed by atoms with Crippen LogP contribution in [0.25, 0.3) is 0 Å². The van der Waals surface area contributed by atoms with Crippen LogP contribution < -0.4 is 14.8 Å². The summed E-state index contributed by atoms with van der Waals surface area (Å²) < 4.78 is 65.6. The van der Waals surface area contributed by atoms with Gasteiger partial charge in [-0.3, -0.25) is 9.52 Å². The van der Waals surface area contributed by atoms with Crippen LogP contribution in [0, 0.1) is 0 Å². The zero-order chi connectivity index (χ0) is 20.1. The fraction of sp³-hybridized carbons (Fsp3) is 0.235. The van der Waals surface area contributed by atoms with Crippen molar-refractivity contribution in [2.24, 2.45) is 0 Å². The maximum atomic E-state index is 12.2. The highest BCUT2D eigenvalue weighted by Gasteiger charge is 2.30. The Labute approximate surface area is 154 Å². The topological polar surface area (TPSA) is 84.5 Å². The molecule has 2 N–H and O–H groups in total. The van der Waals surface area contributed by atoms with E-state index in [1.807, 2.05) is 0 Å². The fourth-order valence-electron chi connectivity index (χ4n) is 2.07. The van der Waals surface area contributed by atoms with E-state index in [1.54, 1.807) is 0 Å². The first-order valence-corrected chi connectivity index (χ1v) is 9.46. The minimum absolute atomic E-state index is 0.0794. The second kappa shape index (κ2) is 8.30. The molecule has 2 aromatic carbocycles. The van der Waals surface area contributed by atoms with E-state index in [0.29, 0.717) is 5.56 Å². The molecule has 0 saturated carbocycles. The number of sulfonamides is 1. The van der Waals surface area contributed by atoms with Crippen molar-refractivity contribution in [3.63, 3.8) is 0 Å². The van der Waals surface area contributed by atoms with Gasteiger partial charge in [0.25, 0.3) is 5.91 Å². The maximum absolute atomic E-state index is 12.2. The lowest BCUT2D eigenvalue weighted by Gasteiger charge is -2.10. The number of benzene rings is 2. The molecular formula is C17H17F3N2O4S. The van der Waals surface area contributed by atoms with Gasteiger partial charge in [-0.1, -0.05) is 18.2 Å². The van der Waals surface area contributed by atoms with Crippen molar-refractivity contribution in [2.75, 3.05) is 10.5 Å². The van der Waals surface area contributed by atoms with Crippen molar-refractivity contribution in [3.8, 4) is 5.75 Å². The van der Waals surface area contributed by atoms with Crippen molar-refractivity contribution < 1.29 is 31.1 Å². The molecule has 0 aliphatic rings. The largest absolute Gasteiger partial charge is 0.573 e. The SMILES string of the molecule is CCS(=O)(=O)Nc1cccc(C(=O)NCc2ccc(OC(F)(F)F)cc2)c1. The summed E-state index contributed by atoms with van der Waals surface area (Å²) in [6.07, 6.45) is -4.76. The number of amides is 1. The first-order chi connectivity index (χ1) is 12.6. The number of halogens is 3. The van der Waals surface area contributed by atoms with E-state index in [-0.39, 0.29) is 29.3 Å². The van der Waals surface area contributed by atoms with Gasteiger partial charge in [0.05, 0.1) is 5.75 Å². The lowest BCUT2D eigenvalue weighted by atomic mass is 10.1. The summed E-state index contributed by atoms with van der Waals surface area (Å²) in [6, 6.07) is 11.0. The van der Waals surface area contributed by atoms with Gasteiger partial charge in [0.1, 0.15) is 5.75 Å². The van der Waals surface area contributed by atoms with Gasteiger partial charge in [-0.2, -0.15) is 0 Å². The molecule has 0 atom stereocenters. The summed E-state index contributed by atoms with van der Waals surface area (Å²) >= 11 is 0. The lowest BCUT2D eigenvalue weighted by molar-refractivity contribution is -0.274. The third kappa shape index (κ3) is 6.81. The molecule has 0 bridgehead atoms. The first kappa shape index (κ1) is 20.6. The van der Waals surface area contributed by atoms with Crippen LogP contribution in [-0.4, -0.2) is 26.4 Å². The maximum Gasteiger partial charge on any atom is 0.573 e. The van der Waals surface area contributed by atoms with Gasteiger partial charge in [0.2, 0.25) is 10.0 Å². The van der Waals surface area contributed by atoms with Crippen LogP contribution in [-0.2, 0) is 16.6 Å². The number of hydrogen-bond donors (Lipinski definition) is 2. The molecule has 0 aliphatic heterocycles. The summed E-state index contributed by atoms with van der Waals surface area (Å²) in [4.78, 5) is 12.2. The van der Waals surface area contributed by atoms with Crippen LogP contribution in [0.2, 0.25) is 0 Å². The normalized spacial score (nSPS) is 11.7. The number of carbonyl (C=O) groups excluding carboxylic acids is 1. The van der Waals surface area contributed by atoms with E-state index in [4.69, 9.17) is 0 Å². The zero-order valence-electron chi connectivity index (χ0n) is 14.2. The molecule has 2 aromatic rings. The number of anilines is 1. The Balaban J connectivity index is 1.97. The Morgan fingerprint density at radius 3 is 2.37 bits per heavy atom. The monoisotopic (exact) mass is 402 g/mol. The molecular weight excluding hydrogens is 385 g/mol. The Morgan fingerprint density at radius 1 is 1.11 bits per heavy atom. The smallest absolute Gasteiger partial charge is 0.406 e. The second-order valence-corrected chi connectivity index (χ2v) is 7.47. The number of carbonyl (C=O) groups is 1. The molecule has 1 amide bonds.